The molecule has 1 atom stereocenters. The number of nitrogens with two attached hydrogens (primary N) is 1. The Kier molecular flexibility index (Phi) is 5.74. The molecule has 10 nitrogen and oxygen atoms in total. The van der Waals surface area contributed by atoms with Crippen LogP contribution in [0.5, 0.6) is 11.8 Å². The number of aromatic nitrogens is 3. The molecule has 1 aliphatic carbocycles. The number of nitrogens with zero attached hydrogens (tertiary/aromatic N) is 4. The highest BCUT2D eigenvalue weighted by molar-refractivity contribution is 7.91. The zero-order chi connectivity index (χ0) is 23.9. The minimum absolute atomic E-state index is 0.121. The number of carbonyl (C=O) groups excluding carboxylic acids is 1. The van der Waals surface area contributed by atoms with Crippen LogP contribution in [0, 0.1) is 6.92 Å². The number of hydrogen-bond donors (Lipinski definition) is 2. The van der Waals surface area contributed by atoms with E-state index in [4.69, 9.17) is 14.6 Å². The Morgan fingerprint density at radius 2 is 2.12 bits per heavy atom. The van der Waals surface area contributed by atoms with Crippen LogP contribution in [0.15, 0.2) is 39.9 Å². The van der Waals surface area contributed by atoms with Crippen LogP contribution in [0.4, 0.5) is 10.5 Å². The Bertz CT molecular complexity index is 1410. The zero-order valence-corrected chi connectivity index (χ0v) is 19.9. The van der Waals surface area contributed by atoms with Gasteiger partial charge in [0.15, 0.2) is 9.92 Å². The fraction of sp³-hybridized carbons (Fsp3) is 0.348. The van der Waals surface area contributed by atoms with Crippen molar-refractivity contribution in [2.24, 2.45) is 9.50 Å². The summed E-state index contributed by atoms with van der Waals surface area (Å²) in [6.07, 6.45) is 6.62. The van der Waals surface area contributed by atoms with E-state index in [-0.39, 0.29) is 4.90 Å². The van der Waals surface area contributed by atoms with Gasteiger partial charge in [0.05, 0.1) is 25.6 Å². The molecule has 2 amide bonds. The summed E-state index contributed by atoms with van der Waals surface area (Å²) in [5.74, 6) is 0.773. The molecule has 3 N–H and O–H groups in total. The molecular formula is C23H26N6O4S. The van der Waals surface area contributed by atoms with Crippen LogP contribution in [-0.4, -0.2) is 38.7 Å². The van der Waals surface area contributed by atoms with E-state index >= 15 is 0 Å². The number of nitrogens with one attached hydrogen (secondary N) is 1. The van der Waals surface area contributed by atoms with Gasteiger partial charge in [-0.05, 0) is 48.4 Å². The summed E-state index contributed by atoms with van der Waals surface area (Å²) in [4.78, 5) is 17.4. The summed E-state index contributed by atoms with van der Waals surface area (Å²) < 4.78 is 29.6. The molecule has 1 aliphatic heterocycles. The van der Waals surface area contributed by atoms with Crippen molar-refractivity contribution in [3.63, 3.8) is 0 Å². The van der Waals surface area contributed by atoms with Gasteiger partial charge in [-0.1, -0.05) is 12.1 Å². The molecular weight excluding hydrogens is 456 g/mol. The highest BCUT2D eigenvalue weighted by Crippen LogP contribution is 2.39. The van der Waals surface area contributed by atoms with Crippen LogP contribution in [0.25, 0.3) is 11.1 Å². The van der Waals surface area contributed by atoms with Gasteiger partial charge in [-0.25, -0.2) is 23.8 Å². The average molecular weight is 483 g/mol. The highest BCUT2D eigenvalue weighted by atomic mass is 32.2. The molecule has 178 valence electrons. The number of rotatable bonds is 4. The predicted octanol–water partition coefficient (Wildman–Crippen LogP) is 3.47. The van der Waals surface area contributed by atoms with Gasteiger partial charge in [-0.2, -0.15) is 5.10 Å². The molecule has 2 aliphatic rings. The maximum Gasteiger partial charge on any atom is 0.354 e. The molecule has 1 unspecified atom stereocenters. The van der Waals surface area contributed by atoms with Crippen LogP contribution in [0.1, 0.15) is 29.5 Å². The van der Waals surface area contributed by atoms with E-state index in [1.165, 1.54) is 11.8 Å². The molecule has 0 fully saturated rings. The molecule has 11 heteroatoms. The summed E-state index contributed by atoms with van der Waals surface area (Å²) >= 11 is 0. The second-order valence-corrected chi connectivity index (χ2v) is 10.1. The quantitative estimate of drug-likeness (QED) is 0.585. The Balaban J connectivity index is 1.55. The zero-order valence-electron chi connectivity index (χ0n) is 19.0. The van der Waals surface area contributed by atoms with E-state index in [0.29, 0.717) is 30.6 Å². The third-order valence-electron chi connectivity index (χ3n) is 6.14. The molecule has 0 spiro atoms. The first-order chi connectivity index (χ1) is 16.4. The molecule has 0 saturated carbocycles. The lowest BCUT2D eigenvalue weighted by Gasteiger charge is -2.17. The third-order valence-corrected chi connectivity index (χ3v) is 7.49. The Labute approximate surface area is 197 Å². The number of amides is 2. The van der Waals surface area contributed by atoms with Crippen LogP contribution >= 0.6 is 0 Å². The van der Waals surface area contributed by atoms with Gasteiger partial charge in [0.1, 0.15) is 4.90 Å². The van der Waals surface area contributed by atoms with Gasteiger partial charge in [-0.3, -0.25) is 0 Å². The normalized spacial score (nSPS) is 16.1. The lowest BCUT2D eigenvalue weighted by molar-refractivity contribution is 0.224. The average Bonchev–Trinajstić information content (AvgIpc) is 3.47. The van der Waals surface area contributed by atoms with Crippen molar-refractivity contribution in [3.8, 4) is 22.9 Å². The summed E-state index contributed by atoms with van der Waals surface area (Å²) in [6.45, 7) is 3.04. The van der Waals surface area contributed by atoms with Crippen LogP contribution in [0.3, 0.4) is 0 Å². The summed E-state index contributed by atoms with van der Waals surface area (Å²) in [5.41, 5.74) is 5.49. The number of carbonyl (C=O) groups is 1. The van der Waals surface area contributed by atoms with Gasteiger partial charge in [-0.15, -0.1) is 4.36 Å². The monoisotopic (exact) mass is 482 g/mol. The fourth-order valence-corrected chi connectivity index (χ4v) is 5.49. The standard InChI is InChI=1S/C23H26N6O4S/c1-14-12-25-20(32-2)11-18(14)17-8-7-15-5-3-6-16(15)21(17)27-23(30)28-34(24,31)19-13-26-29-9-4-10-33-22(19)29/h7-8,11-13H,3-6,9-10H2,1-2H3,(H3,24,27,28,30,31). The lowest BCUT2D eigenvalue weighted by Crippen LogP contribution is -2.21. The summed E-state index contributed by atoms with van der Waals surface area (Å²) in [5, 5.41) is 13.1. The second kappa shape index (κ2) is 8.73. The van der Waals surface area contributed by atoms with Crippen molar-refractivity contribution >= 4 is 21.6 Å². The first-order valence-corrected chi connectivity index (χ1v) is 12.7. The molecule has 0 saturated heterocycles. The van der Waals surface area contributed by atoms with E-state index in [1.807, 2.05) is 19.1 Å². The van der Waals surface area contributed by atoms with Crippen molar-refractivity contribution < 1.29 is 18.5 Å². The van der Waals surface area contributed by atoms with Gasteiger partial charge >= 0.3 is 6.03 Å². The van der Waals surface area contributed by atoms with Crippen LogP contribution in [-0.2, 0) is 29.3 Å². The number of hydrogen-bond acceptors (Lipinski definition) is 6. The van der Waals surface area contributed by atoms with E-state index in [0.717, 1.165) is 47.9 Å². The van der Waals surface area contributed by atoms with Crippen LogP contribution in [0.2, 0.25) is 0 Å². The Morgan fingerprint density at radius 3 is 2.94 bits per heavy atom. The molecule has 5 rings (SSSR count). The fourth-order valence-electron chi connectivity index (χ4n) is 4.49. The predicted molar refractivity (Wildman–Crippen MR) is 127 cm³/mol. The Hall–Kier alpha value is -3.44. The van der Waals surface area contributed by atoms with Gasteiger partial charge < -0.3 is 14.8 Å². The van der Waals surface area contributed by atoms with Gasteiger partial charge in [0.2, 0.25) is 11.8 Å². The van der Waals surface area contributed by atoms with Crippen molar-refractivity contribution in [1.29, 1.82) is 0 Å². The first kappa shape index (κ1) is 22.4. The minimum atomic E-state index is -3.56. The number of urea groups is 1. The molecule has 0 radical (unpaired) electrons. The SMILES string of the molecule is COc1cc(-c2ccc3c(c2NC(=O)N=S(N)(=O)c2cnn4c2OCCC4)CCC3)c(C)cn1. The molecule has 34 heavy (non-hydrogen) atoms. The summed E-state index contributed by atoms with van der Waals surface area (Å²) in [7, 11) is -2.01. The smallest absolute Gasteiger partial charge is 0.354 e. The van der Waals surface area contributed by atoms with Crippen molar-refractivity contribution in [2.45, 2.75) is 44.0 Å². The van der Waals surface area contributed by atoms with E-state index in [9.17, 15) is 9.00 Å². The van der Waals surface area contributed by atoms with E-state index < -0.39 is 15.9 Å². The van der Waals surface area contributed by atoms with Crippen LogP contribution < -0.4 is 19.9 Å². The topological polar surface area (TPSA) is 134 Å². The number of ether oxygens (including phenoxy) is 2. The van der Waals surface area contributed by atoms with Gasteiger partial charge in [0, 0.05) is 30.8 Å². The van der Waals surface area contributed by atoms with E-state index in [1.54, 1.807) is 18.0 Å². The largest absolute Gasteiger partial charge is 0.481 e. The highest BCUT2D eigenvalue weighted by Gasteiger charge is 2.25. The molecule has 0 bridgehead atoms. The maximum atomic E-state index is 13.2. The number of methoxy groups -OCH3 is 1. The van der Waals surface area contributed by atoms with Crippen molar-refractivity contribution in [1.82, 2.24) is 14.8 Å². The second-order valence-electron chi connectivity index (χ2n) is 8.35. The minimum Gasteiger partial charge on any atom is -0.481 e. The lowest BCUT2D eigenvalue weighted by atomic mass is 9.95. The molecule has 1 aromatic carbocycles. The number of anilines is 1. The molecule has 3 heterocycles. The Morgan fingerprint density at radius 1 is 1.26 bits per heavy atom. The molecule has 2 aromatic heterocycles. The number of pyridine rings is 1. The third kappa shape index (κ3) is 4.01. The van der Waals surface area contributed by atoms with Crippen molar-refractivity contribution in [3.05, 3.63) is 47.3 Å². The van der Waals surface area contributed by atoms with Gasteiger partial charge in [0.25, 0.3) is 0 Å². The number of benzene rings is 1. The summed E-state index contributed by atoms with van der Waals surface area (Å²) in [6, 6.07) is 5.10. The van der Waals surface area contributed by atoms with Crippen molar-refractivity contribution in [2.75, 3.05) is 19.0 Å². The van der Waals surface area contributed by atoms with E-state index in [2.05, 4.69) is 25.8 Å². The number of fused-ring (bicyclic) bond motifs is 2. The first-order valence-electron chi connectivity index (χ1n) is 11.1. The number of aryl methyl sites for hydroxylation is 3. The maximum absolute atomic E-state index is 13.2. The molecule has 3 aromatic rings.